The predicted octanol–water partition coefficient (Wildman–Crippen LogP) is -1.06. The molecule has 8 N–H and O–H groups in total. The van der Waals surface area contributed by atoms with E-state index >= 15 is 0 Å². The molecule has 0 saturated carbocycles. The van der Waals surface area contributed by atoms with Gasteiger partial charge in [0.1, 0.15) is 18.1 Å². The van der Waals surface area contributed by atoms with Gasteiger partial charge in [0.15, 0.2) is 0 Å². The van der Waals surface area contributed by atoms with Gasteiger partial charge in [-0.2, -0.15) is 11.8 Å². The molecule has 12 heteroatoms. The first-order valence-corrected chi connectivity index (χ1v) is 11.5. The van der Waals surface area contributed by atoms with Crippen LogP contribution in [0.3, 0.4) is 0 Å². The number of amides is 4. The average molecular weight is 462 g/mol. The number of carbonyl (C=O) groups excluding carboxylic acids is 4. The Kier molecular flexibility index (Phi) is 13.5. The van der Waals surface area contributed by atoms with Crippen molar-refractivity contribution in [1.82, 2.24) is 16.0 Å². The molecule has 0 rings (SSSR count). The number of primary amides is 1. The molecule has 0 radical (unpaired) electrons. The van der Waals surface area contributed by atoms with Crippen LogP contribution in [0.25, 0.3) is 0 Å². The van der Waals surface area contributed by atoms with Gasteiger partial charge in [0, 0.05) is 6.42 Å². The highest BCUT2D eigenvalue weighted by atomic mass is 32.2. The quantitative estimate of drug-likeness (QED) is 0.177. The van der Waals surface area contributed by atoms with Crippen molar-refractivity contribution in [2.24, 2.45) is 17.4 Å². The largest absolute Gasteiger partial charge is 0.480 e. The van der Waals surface area contributed by atoms with E-state index in [4.69, 9.17) is 11.5 Å². The van der Waals surface area contributed by atoms with Gasteiger partial charge in [-0.05, 0) is 37.7 Å². The topological polar surface area (TPSA) is 194 Å². The molecule has 0 aromatic heterocycles. The van der Waals surface area contributed by atoms with Gasteiger partial charge in [0.25, 0.3) is 0 Å². The Labute approximate surface area is 186 Å². The second kappa shape index (κ2) is 14.6. The molecular weight excluding hydrogens is 426 g/mol. The van der Waals surface area contributed by atoms with Gasteiger partial charge in [0.05, 0.1) is 6.04 Å². The van der Waals surface area contributed by atoms with Gasteiger partial charge in [-0.25, -0.2) is 4.79 Å². The predicted molar refractivity (Wildman–Crippen MR) is 118 cm³/mol. The molecule has 31 heavy (non-hydrogen) atoms. The molecular formula is C19H35N5O6S. The summed E-state index contributed by atoms with van der Waals surface area (Å²) in [5.41, 5.74) is 10.9. The highest BCUT2D eigenvalue weighted by molar-refractivity contribution is 7.98. The van der Waals surface area contributed by atoms with E-state index in [9.17, 15) is 29.1 Å². The lowest BCUT2D eigenvalue weighted by molar-refractivity contribution is -0.142. The summed E-state index contributed by atoms with van der Waals surface area (Å²) in [4.78, 5) is 59.6. The van der Waals surface area contributed by atoms with Crippen LogP contribution < -0.4 is 27.4 Å². The molecule has 0 aliphatic heterocycles. The van der Waals surface area contributed by atoms with Crippen molar-refractivity contribution in [2.75, 3.05) is 12.0 Å². The van der Waals surface area contributed by atoms with E-state index in [1.54, 1.807) is 0 Å². The van der Waals surface area contributed by atoms with E-state index in [2.05, 4.69) is 16.0 Å². The Morgan fingerprint density at radius 3 is 2.00 bits per heavy atom. The van der Waals surface area contributed by atoms with Crippen molar-refractivity contribution in [1.29, 1.82) is 0 Å². The van der Waals surface area contributed by atoms with E-state index in [-0.39, 0.29) is 25.2 Å². The number of carboxylic acid groups (broad SMARTS) is 1. The monoisotopic (exact) mass is 461 g/mol. The standard InChI is InChI=1S/C19H35N5O6S/c1-5-10(2)15(21)18(28)22-11(3)16(26)23-12(8-9-31-4)17(27)24-13(19(29)30)6-7-14(20)25/h10-13,15H,5-9,21H2,1-4H3,(H2,20,25)(H,22,28)(H,23,26)(H,24,27)(H,29,30)/t10-,11-,12-,13-,15-/m0/s1. The van der Waals surface area contributed by atoms with Crippen molar-refractivity contribution < 1.29 is 29.1 Å². The number of aliphatic carboxylic acids is 1. The first kappa shape index (κ1) is 28.7. The molecule has 0 heterocycles. The zero-order valence-corrected chi connectivity index (χ0v) is 19.3. The molecule has 0 spiro atoms. The summed E-state index contributed by atoms with van der Waals surface area (Å²) in [7, 11) is 0. The zero-order chi connectivity index (χ0) is 24.1. The number of thioether (sulfide) groups is 1. The fourth-order valence-electron chi connectivity index (χ4n) is 2.51. The summed E-state index contributed by atoms with van der Waals surface area (Å²) in [6.45, 7) is 5.19. The van der Waals surface area contributed by atoms with Crippen LogP contribution in [0.1, 0.15) is 46.5 Å². The lowest BCUT2D eigenvalue weighted by Gasteiger charge is -2.24. The second-order valence-electron chi connectivity index (χ2n) is 7.39. The van der Waals surface area contributed by atoms with Crippen LogP contribution in [0, 0.1) is 5.92 Å². The highest BCUT2D eigenvalue weighted by Gasteiger charge is 2.29. The fourth-order valence-corrected chi connectivity index (χ4v) is 2.98. The first-order chi connectivity index (χ1) is 14.4. The second-order valence-corrected chi connectivity index (χ2v) is 8.37. The lowest BCUT2D eigenvalue weighted by atomic mass is 9.99. The molecule has 0 aliphatic carbocycles. The number of carbonyl (C=O) groups is 5. The molecule has 0 aromatic carbocycles. The Morgan fingerprint density at radius 1 is 0.935 bits per heavy atom. The highest BCUT2D eigenvalue weighted by Crippen LogP contribution is 2.07. The van der Waals surface area contributed by atoms with Crippen LogP contribution in [-0.4, -0.2) is 70.9 Å². The third-order valence-electron chi connectivity index (χ3n) is 4.85. The van der Waals surface area contributed by atoms with Crippen molar-refractivity contribution in [3.05, 3.63) is 0 Å². The van der Waals surface area contributed by atoms with Gasteiger partial charge in [-0.1, -0.05) is 20.3 Å². The summed E-state index contributed by atoms with van der Waals surface area (Å²) >= 11 is 1.45. The zero-order valence-electron chi connectivity index (χ0n) is 18.5. The number of hydrogen-bond donors (Lipinski definition) is 6. The number of hydrogen-bond acceptors (Lipinski definition) is 7. The SMILES string of the molecule is CC[C@H](C)[C@H](N)C(=O)N[C@@H](C)C(=O)N[C@@H](CCSC)C(=O)N[C@@H](CCC(N)=O)C(=O)O. The molecule has 0 unspecified atom stereocenters. The molecule has 0 aliphatic rings. The van der Waals surface area contributed by atoms with Crippen molar-refractivity contribution in [3.8, 4) is 0 Å². The minimum absolute atomic E-state index is 0.0660. The van der Waals surface area contributed by atoms with E-state index < -0.39 is 53.8 Å². The molecule has 0 saturated heterocycles. The molecule has 11 nitrogen and oxygen atoms in total. The van der Waals surface area contributed by atoms with Crippen LogP contribution in [0.5, 0.6) is 0 Å². The Morgan fingerprint density at radius 2 is 1.52 bits per heavy atom. The normalized spacial score (nSPS) is 15.6. The third kappa shape index (κ3) is 11.0. The van der Waals surface area contributed by atoms with Gasteiger partial charge in [0.2, 0.25) is 23.6 Å². The van der Waals surface area contributed by atoms with Crippen LogP contribution in [-0.2, 0) is 24.0 Å². The summed E-state index contributed by atoms with van der Waals surface area (Å²) < 4.78 is 0. The van der Waals surface area contributed by atoms with Gasteiger partial charge >= 0.3 is 5.97 Å². The smallest absolute Gasteiger partial charge is 0.326 e. The molecule has 178 valence electrons. The summed E-state index contributed by atoms with van der Waals surface area (Å²) in [6, 6.07) is -4.05. The fraction of sp³-hybridized carbons (Fsp3) is 0.737. The average Bonchev–Trinajstić information content (AvgIpc) is 2.71. The van der Waals surface area contributed by atoms with E-state index in [1.807, 2.05) is 20.1 Å². The Balaban J connectivity index is 5.10. The maximum atomic E-state index is 12.6. The molecule has 0 bridgehead atoms. The van der Waals surface area contributed by atoms with Crippen molar-refractivity contribution in [3.63, 3.8) is 0 Å². The maximum Gasteiger partial charge on any atom is 0.326 e. The Hall–Kier alpha value is -2.34. The van der Waals surface area contributed by atoms with Crippen LogP contribution >= 0.6 is 11.8 Å². The van der Waals surface area contributed by atoms with Crippen LogP contribution in [0.4, 0.5) is 0 Å². The maximum absolute atomic E-state index is 12.6. The van der Waals surface area contributed by atoms with Gasteiger partial charge in [-0.3, -0.25) is 19.2 Å². The Bertz CT molecular complexity index is 647. The molecule has 4 amide bonds. The summed E-state index contributed by atoms with van der Waals surface area (Å²) in [6.07, 6.45) is 2.39. The molecule has 0 aromatic rings. The first-order valence-electron chi connectivity index (χ1n) is 10.1. The van der Waals surface area contributed by atoms with E-state index in [0.717, 1.165) is 0 Å². The number of nitrogens with two attached hydrogens (primary N) is 2. The van der Waals surface area contributed by atoms with Crippen molar-refractivity contribution in [2.45, 2.75) is 70.6 Å². The summed E-state index contributed by atoms with van der Waals surface area (Å²) in [5.74, 6) is -3.32. The third-order valence-corrected chi connectivity index (χ3v) is 5.49. The minimum atomic E-state index is -1.32. The lowest BCUT2D eigenvalue weighted by Crippen LogP contribution is -2.57. The number of rotatable bonds is 15. The van der Waals surface area contributed by atoms with Crippen LogP contribution in [0.15, 0.2) is 0 Å². The number of nitrogens with one attached hydrogen (secondary N) is 3. The van der Waals surface area contributed by atoms with Crippen LogP contribution in [0.2, 0.25) is 0 Å². The van der Waals surface area contributed by atoms with E-state index in [1.165, 1.54) is 18.7 Å². The molecule has 0 fully saturated rings. The summed E-state index contributed by atoms with van der Waals surface area (Å²) in [5, 5.41) is 16.7. The van der Waals surface area contributed by atoms with E-state index in [0.29, 0.717) is 12.2 Å². The van der Waals surface area contributed by atoms with Gasteiger partial charge in [-0.15, -0.1) is 0 Å². The van der Waals surface area contributed by atoms with Gasteiger partial charge < -0.3 is 32.5 Å². The number of carboxylic acids is 1. The minimum Gasteiger partial charge on any atom is -0.480 e. The van der Waals surface area contributed by atoms with Crippen molar-refractivity contribution >= 4 is 41.4 Å². The molecule has 5 atom stereocenters.